The fraction of sp³-hybridized carbons (Fsp3) is 0. The molecule has 11 rings (SSSR count). The van der Waals surface area contributed by atoms with Crippen molar-refractivity contribution in [1.82, 2.24) is 4.57 Å². The molecule has 0 saturated carbocycles. The Kier molecular flexibility index (Phi) is 8.19. The lowest BCUT2D eigenvalue weighted by atomic mass is 9.97. The van der Waals surface area contributed by atoms with Gasteiger partial charge in [0.2, 0.25) is 0 Å². The normalized spacial score (nSPS) is 11.4. The van der Waals surface area contributed by atoms with Crippen LogP contribution in [0.5, 0.6) is 0 Å². The average Bonchev–Trinajstić information content (AvgIpc) is 3.63. The zero-order valence-electron chi connectivity index (χ0n) is 31.8. The summed E-state index contributed by atoms with van der Waals surface area (Å²) in [5.74, 6) is 0. The summed E-state index contributed by atoms with van der Waals surface area (Å²) < 4.78 is 2.40. The molecule has 10 aromatic carbocycles. The Labute approximate surface area is 338 Å². The van der Waals surface area contributed by atoms with Crippen LogP contribution in [0.2, 0.25) is 0 Å². The van der Waals surface area contributed by atoms with E-state index < -0.39 is 0 Å². The highest BCUT2D eigenvalue weighted by Crippen LogP contribution is 2.44. The van der Waals surface area contributed by atoms with E-state index in [0.717, 1.165) is 22.7 Å². The number of fused-ring (bicyclic) bond motifs is 5. The van der Waals surface area contributed by atoms with Crippen molar-refractivity contribution in [2.75, 3.05) is 4.90 Å². The molecule has 0 unspecified atom stereocenters. The molecule has 0 spiro atoms. The molecule has 2 nitrogen and oxygen atoms in total. The Bertz CT molecular complexity index is 3270. The molecule has 1 aromatic heterocycles. The van der Waals surface area contributed by atoms with Gasteiger partial charge in [-0.1, -0.05) is 170 Å². The van der Waals surface area contributed by atoms with Gasteiger partial charge in [-0.2, -0.15) is 0 Å². The van der Waals surface area contributed by atoms with E-state index in [0.29, 0.717) is 0 Å². The predicted molar refractivity (Wildman–Crippen MR) is 247 cm³/mol. The Hall–Kier alpha value is -7.68. The average molecular weight is 739 g/mol. The standard InChI is InChI=1S/C56H38N2/c1-3-14-43(15-4-1)51-19-9-11-21-54(51)57(50-33-34-53-52-20-10-12-22-55(52)58(56(53)38-50)48-17-5-2-6-18-48)49-32-31-42-28-30-46(36-47(42)37-49)41-25-23-40(24-26-41)45-29-27-39-13-7-8-16-44(39)35-45/h1-38H. The second kappa shape index (κ2) is 14.1. The van der Waals surface area contributed by atoms with Crippen molar-refractivity contribution in [2.24, 2.45) is 0 Å². The Morgan fingerprint density at radius 1 is 0.293 bits per heavy atom. The number of nitrogens with zero attached hydrogens (tertiary/aromatic N) is 2. The van der Waals surface area contributed by atoms with E-state index in [9.17, 15) is 0 Å². The van der Waals surface area contributed by atoms with Crippen LogP contribution in [0.15, 0.2) is 231 Å². The van der Waals surface area contributed by atoms with Crippen molar-refractivity contribution in [3.05, 3.63) is 231 Å². The molecule has 2 heteroatoms. The summed E-state index contributed by atoms with van der Waals surface area (Å²) in [6, 6.07) is 83.8. The second-order valence-electron chi connectivity index (χ2n) is 15.0. The summed E-state index contributed by atoms with van der Waals surface area (Å²) in [5.41, 5.74) is 14.0. The molecule has 58 heavy (non-hydrogen) atoms. The van der Waals surface area contributed by atoms with Crippen LogP contribution in [0.1, 0.15) is 0 Å². The summed E-state index contributed by atoms with van der Waals surface area (Å²) >= 11 is 0. The van der Waals surface area contributed by atoms with Gasteiger partial charge in [-0.3, -0.25) is 0 Å². The van der Waals surface area contributed by atoms with Crippen LogP contribution in [0.3, 0.4) is 0 Å². The zero-order chi connectivity index (χ0) is 38.4. The summed E-state index contributed by atoms with van der Waals surface area (Å²) in [6.45, 7) is 0. The number of aromatic nitrogens is 1. The number of anilines is 3. The van der Waals surface area contributed by atoms with Crippen LogP contribution < -0.4 is 4.90 Å². The minimum Gasteiger partial charge on any atom is -0.310 e. The molecule has 0 aliphatic rings. The van der Waals surface area contributed by atoms with E-state index in [1.807, 2.05) is 0 Å². The van der Waals surface area contributed by atoms with Gasteiger partial charge in [0, 0.05) is 33.4 Å². The zero-order valence-corrected chi connectivity index (χ0v) is 31.8. The van der Waals surface area contributed by atoms with Gasteiger partial charge < -0.3 is 9.47 Å². The largest absolute Gasteiger partial charge is 0.310 e. The molecular formula is C56H38N2. The minimum atomic E-state index is 1.09. The van der Waals surface area contributed by atoms with E-state index in [1.54, 1.807) is 0 Å². The van der Waals surface area contributed by atoms with Crippen LogP contribution in [0, 0.1) is 0 Å². The Morgan fingerprint density at radius 2 is 0.828 bits per heavy atom. The van der Waals surface area contributed by atoms with Crippen LogP contribution in [0.4, 0.5) is 17.1 Å². The molecular weight excluding hydrogens is 701 g/mol. The topological polar surface area (TPSA) is 8.17 Å². The lowest BCUT2D eigenvalue weighted by molar-refractivity contribution is 1.18. The fourth-order valence-electron chi connectivity index (χ4n) is 8.69. The minimum absolute atomic E-state index is 1.09. The number of benzene rings is 10. The first-order valence-electron chi connectivity index (χ1n) is 19.9. The summed E-state index contributed by atoms with van der Waals surface area (Å²) in [5, 5.41) is 7.39. The summed E-state index contributed by atoms with van der Waals surface area (Å²) in [6.07, 6.45) is 0. The molecule has 272 valence electrons. The summed E-state index contributed by atoms with van der Waals surface area (Å²) in [4.78, 5) is 2.43. The van der Waals surface area contributed by atoms with Crippen molar-refractivity contribution in [1.29, 1.82) is 0 Å². The van der Waals surface area contributed by atoms with E-state index in [1.165, 1.54) is 76.7 Å². The van der Waals surface area contributed by atoms with Gasteiger partial charge in [0.05, 0.1) is 16.7 Å². The third-order valence-electron chi connectivity index (χ3n) is 11.5. The maximum absolute atomic E-state index is 2.43. The van der Waals surface area contributed by atoms with Gasteiger partial charge in [0.15, 0.2) is 0 Å². The Balaban J connectivity index is 1.06. The van der Waals surface area contributed by atoms with Gasteiger partial charge >= 0.3 is 0 Å². The van der Waals surface area contributed by atoms with E-state index in [2.05, 4.69) is 240 Å². The molecule has 0 N–H and O–H groups in total. The highest BCUT2D eigenvalue weighted by molar-refractivity contribution is 6.10. The van der Waals surface area contributed by atoms with E-state index in [4.69, 9.17) is 0 Å². The molecule has 1 heterocycles. The first kappa shape index (κ1) is 33.6. The van der Waals surface area contributed by atoms with Crippen LogP contribution in [0.25, 0.3) is 82.4 Å². The number of hydrogen-bond acceptors (Lipinski definition) is 1. The number of hydrogen-bond donors (Lipinski definition) is 0. The maximum atomic E-state index is 2.43. The third kappa shape index (κ3) is 5.91. The predicted octanol–water partition coefficient (Wildman–Crippen LogP) is 15.6. The maximum Gasteiger partial charge on any atom is 0.0561 e. The molecule has 0 amide bonds. The number of rotatable bonds is 7. The van der Waals surface area contributed by atoms with E-state index in [-0.39, 0.29) is 0 Å². The van der Waals surface area contributed by atoms with Crippen molar-refractivity contribution < 1.29 is 0 Å². The summed E-state index contributed by atoms with van der Waals surface area (Å²) in [7, 11) is 0. The lowest BCUT2D eigenvalue weighted by Crippen LogP contribution is -2.11. The molecule has 0 radical (unpaired) electrons. The SMILES string of the molecule is c1ccc(-c2ccccc2N(c2ccc3ccc(-c4ccc(-c5ccc6ccccc6c5)cc4)cc3c2)c2ccc3c4ccccc4n(-c4ccccc4)c3c2)cc1. The fourth-order valence-corrected chi connectivity index (χ4v) is 8.69. The molecule has 0 atom stereocenters. The quantitative estimate of drug-likeness (QED) is 0.158. The highest BCUT2D eigenvalue weighted by atomic mass is 15.1. The van der Waals surface area contributed by atoms with Gasteiger partial charge in [0.1, 0.15) is 0 Å². The first-order chi connectivity index (χ1) is 28.7. The van der Waals surface area contributed by atoms with Crippen molar-refractivity contribution >= 4 is 60.4 Å². The highest BCUT2D eigenvalue weighted by Gasteiger charge is 2.20. The first-order valence-corrected chi connectivity index (χ1v) is 19.9. The van der Waals surface area contributed by atoms with Crippen LogP contribution >= 0.6 is 0 Å². The second-order valence-corrected chi connectivity index (χ2v) is 15.0. The molecule has 0 saturated heterocycles. The third-order valence-corrected chi connectivity index (χ3v) is 11.5. The molecule has 0 bridgehead atoms. The van der Waals surface area contributed by atoms with Gasteiger partial charge in [0.25, 0.3) is 0 Å². The molecule has 0 aliphatic carbocycles. The van der Waals surface area contributed by atoms with Gasteiger partial charge in [-0.15, -0.1) is 0 Å². The van der Waals surface area contributed by atoms with Gasteiger partial charge in [-0.25, -0.2) is 0 Å². The van der Waals surface area contributed by atoms with Gasteiger partial charge in [-0.05, 0) is 110 Å². The van der Waals surface area contributed by atoms with Crippen LogP contribution in [-0.2, 0) is 0 Å². The molecule has 0 fully saturated rings. The van der Waals surface area contributed by atoms with Crippen molar-refractivity contribution in [3.8, 4) is 39.1 Å². The van der Waals surface area contributed by atoms with Crippen LogP contribution in [-0.4, -0.2) is 4.57 Å². The van der Waals surface area contributed by atoms with Crippen molar-refractivity contribution in [3.63, 3.8) is 0 Å². The number of para-hydroxylation sites is 3. The lowest BCUT2D eigenvalue weighted by Gasteiger charge is -2.28. The smallest absolute Gasteiger partial charge is 0.0561 e. The Morgan fingerprint density at radius 3 is 1.60 bits per heavy atom. The molecule has 0 aliphatic heterocycles. The molecule has 11 aromatic rings. The van der Waals surface area contributed by atoms with Crippen molar-refractivity contribution in [2.45, 2.75) is 0 Å². The van der Waals surface area contributed by atoms with E-state index >= 15 is 0 Å². The monoisotopic (exact) mass is 738 g/mol.